The minimum absolute atomic E-state index is 0.0299. The van der Waals surface area contributed by atoms with Crippen LogP contribution in [0.15, 0.2) is 25.0 Å². The molecule has 0 spiro atoms. The Balaban J connectivity index is 3.72. The van der Waals surface area contributed by atoms with Gasteiger partial charge in [0, 0.05) is 13.5 Å². The van der Waals surface area contributed by atoms with Crippen LogP contribution >= 0.6 is 0 Å². The monoisotopic (exact) mass is 297 g/mol. The summed E-state index contributed by atoms with van der Waals surface area (Å²) in [6, 6.07) is -0.535. The van der Waals surface area contributed by atoms with Crippen molar-refractivity contribution in [2.45, 2.75) is 45.1 Å². The number of ether oxygens (including phenoxy) is 2. The highest BCUT2D eigenvalue weighted by molar-refractivity contribution is 5.83. The first-order valence-electron chi connectivity index (χ1n) is 7.25. The molecule has 0 heterocycles. The number of hydrogen-bond donors (Lipinski definition) is 0. The van der Waals surface area contributed by atoms with E-state index in [2.05, 4.69) is 11.3 Å². The van der Waals surface area contributed by atoms with Gasteiger partial charge in [0.25, 0.3) is 0 Å². The van der Waals surface area contributed by atoms with E-state index in [1.807, 2.05) is 6.08 Å². The number of nitrogens with zero attached hydrogens (tertiary/aromatic N) is 1. The molecule has 0 unspecified atom stereocenters. The summed E-state index contributed by atoms with van der Waals surface area (Å²) in [4.78, 5) is 24.7. The van der Waals surface area contributed by atoms with Crippen molar-refractivity contribution < 1.29 is 19.1 Å². The molecule has 1 atom stereocenters. The van der Waals surface area contributed by atoms with Crippen LogP contribution in [0, 0.1) is 0 Å². The van der Waals surface area contributed by atoms with Crippen LogP contribution in [0.2, 0.25) is 0 Å². The summed E-state index contributed by atoms with van der Waals surface area (Å²) in [5.41, 5.74) is 0. The van der Waals surface area contributed by atoms with Gasteiger partial charge in [-0.1, -0.05) is 19.1 Å². The third-order valence-corrected chi connectivity index (χ3v) is 3.18. The van der Waals surface area contributed by atoms with Crippen LogP contribution in [0.25, 0.3) is 0 Å². The molecule has 1 amide bonds. The second-order valence-corrected chi connectivity index (χ2v) is 4.80. The van der Waals surface area contributed by atoms with E-state index in [9.17, 15) is 9.59 Å². The first-order chi connectivity index (χ1) is 10.0. The standard InChI is InChI=1S/C16H27NO4/c1-5-12-21-13-10-8-6-7-9-11-15(18)17(3)14(2)16(19)20-4/h5,10,13-14H,1,6-9,11-12H2,2-4H3/t14-/m0/s1. The van der Waals surface area contributed by atoms with Crippen LogP contribution in [0.1, 0.15) is 39.0 Å². The first kappa shape index (κ1) is 19.2. The molecule has 0 aromatic heterocycles. The highest BCUT2D eigenvalue weighted by Crippen LogP contribution is 2.08. The first-order valence-corrected chi connectivity index (χ1v) is 7.25. The Morgan fingerprint density at radius 3 is 2.62 bits per heavy atom. The maximum atomic E-state index is 11.9. The summed E-state index contributed by atoms with van der Waals surface area (Å²) < 4.78 is 9.74. The number of allylic oxidation sites excluding steroid dienone is 1. The van der Waals surface area contributed by atoms with Crippen LogP contribution in [0.3, 0.4) is 0 Å². The van der Waals surface area contributed by atoms with Crippen molar-refractivity contribution in [2.75, 3.05) is 20.8 Å². The number of likely N-dealkylation sites (N-methyl/N-ethyl adjacent to an activating group) is 1. The molecule has 21 heavy (non-hydrogen) atoms. The lowest BCUT2D eigenvalue weighted by atomic mass is 10.1. The zero-order valence-corrected chi connectivity index (χ0v) is 13.3. The number of methoxy groups -OCH3 is 1. The smallest absolute Gasteiger partial charge is 0.328 e. The predicted molar refractivity (Wildman–Crippen MR) is 82.6 cm³/mol. The molecule has 0 saturated heterocycles. The lowest BCUT2D eigenvalue weighted by Gasteiger charge is -2.22. The van der Waals surface area contributed by atoms with Crippen molar-refractivity contribution in [3.8, 4) is 0 Å². The van der Waals surface area contributed by atoms with Crippen LogP contribution in [0.5, 0.6) is 0 Å². The number of unbranched alkanes of at least 4 members (excludes halogenated alkanes) is 3. The van der Waals surface area contributed by atoms with E-state index in [4.69, 9.17) is 4.74 Å². The lowest BCUT2D eigenvalue weighted by molar-refractivity contribution is -0.151. The SMILES string of the molecule is C=CCOC=CCCCCCC(=O)N(C)[C@@H](C)C(=O)OC. The Bertz CT molecular complexity index is 352. The average Bonchev–Trinajstić information content (AvgIpc) is 2.50. The third kappa shape index (κ3) is 8.89. The van der Waals surface area contributed by atoms with E-state index in [1.165, 1.54) is 12.0 Å². The molecule has 0 aromatic rings. The lowest BCUT2D eigenvalue weighted by Crippen LogP contribution is -2.40. The molecular formula is C16H27NO4. The molecule has 0 bridgehead atoms. The summed E-state index contributed by atoms with van der Waals surface area (Å²) in [6.07, 6.45) is 9.53. The Hall–Kier alpha value is -1.78. The quantitative estimate of drug-likeness (QED) is 0.255. The minimum Gasteiger partial charge on any atom is -0.497 e. The average molecular weight is 297 g/mol. The second kappa shape index (κ2) is 12.0. The number of esters is 1. The van der Waals surface area contributed by atoms with Crippen molar-refractivity contribution in [3.63, 3.8) is 0 Å². The summed E-state index contributed by atoms with van der Waals surface area (Å²) in [7, 11) is 2.95. The van der Waals surface area contributed by atoms with Gasteiger partial charge in [0.2, 0.25) is 5.91 Å². The van der Waals surface area contributed by atoms with E-state index in [1.54, 1.807) is 26.3 Å². The molecule has 0 radical (unpaired) electrons. The fourth-order valence-electron chi connectivity index (χ4n) is 1.70. The van der Waals surface area contributed by atoms with Gasteiger partial charge in [-0.2, -0.15) is 0 Å². The van der Waals surface area contributed by atoms with Gasteiger partial charge in [0.05, 0.1) is 13.4 Å². The molecule has 0 N–H and O–H groups in total. The van der Waals surface area contributed by atoms with Crippen LogP contribution < -0.4 is 0 Å². The number of hydrogen-bond acceptors (Lipinski definition) is 4. The molecule has 0 rings (SSSR count). The van der Waals surface area contributed by atoms with Gasteiger partial charge in [-0.3, -0.25) is 4.79 Å². The van der Waals surface area contributed by atoms with Crippen molar-refractivity contribution in [1.82, 2.24) is 4.90 Å². The van der Waals surface area contributed by atoms with Crippen LogP contribution in [-0.2, 0) is 19.1 Å². The van der Waals surface area contributed by atoms with E-state index in [-0.39, 0.29) is 5.91 Å². The van der Waals surface area contributed by atoms with Crippen LogP contribution in [0.4, 0.5) is 0 Å². The van der Waals surface area contributed by atoms with E-state index in [0.717, 1.165) is 25.7 Å². The van der Waals surface area contributed by atoms with E-state index in [0.29, 0.717) is 13.0 Å². The van der Waals surface area contributed by atoms with Gasteiger partial charge in [-0.15, -0.1) is 0 Å². The minimum atomic E-state index is -0.535. The Morgan fingerprint density at radius 1 is 1.29 bits per heavy atom. The summed E-state index contributed by atoms with van der Waals surface area (Å²) in [6.45, 7) is 5.74. The van der Waals surface area contributed by atoms with Gasteiger partial charge < -0.3 is 14.4 Å². The van der Waals surface area contributed by atoms with Crippen molar-refractivity contribution in [2.24, 2.45) is 0 Å². The Morgan fingerprint density at radius 2 is 2.00 bits per heavy atom. The topological polar surface area (TPSA) is 55.8 Å². The predicted octanol–water partition coefficient (Wildman–Crippen LogP) is 2.67. The third-order valence-electron chi connectivity index (χ3n) is 3.18. The number of carbonyl (C=O) groups is 2. The molecular weight excluding hydrogens is 270 g/mol. The molecule has 0 aromatic carbocycles. The van der Waals surface area contributed by atoms with Gasteiger partial charge in [-0.25, -0.2) is 4.79 Å². The van der Waals surface area contributed by atoms with Gasteiger partial charge in [-0.05, 0) is 32.3 Å². The molecule has 0 aliphatic rings. The highest BCUT2D eigenvalue weighted by atomic mass is 16.5. The zero-order valence-electron chi connectivity index (χ0n) is 13.3. The maximum absolute atomic E-state index is 11.9. The van der Waals surface area contributed by atoms with Crippen LogP contribution in [-0.4, -0.2) is 43.6 Å². The normalized spacial score (nSPS) is 12.0. The summed E-state index contributed by atoms with van der Waals surface area (Å²) in [5.74, 6) is -0.423. The zero-order chi connectivity index (χ0) is 16.1. The van der Waals surface area contributed by atoms with Crippen molar-refractivity contribution >= 4 is 11.9 Å². The second-order valence-electron chi connectivity index (χ2n) is 4.80. The molecule has 120 valence electrons. The Labute approximate surface area is 127 Å². The fraction of sp³-hybridized carbons (Fsp3) is 0.625. The van der Waals surface area contributed by atoms with E-state index >= 15 is 0 Å². The highest BCUT2D eigenvalue weighted by Gasteiger charge is 2.22. The van der Waals surface area contributed by atoms with Crippen molar-refractivity contribution in [1.29, 1.82) is 0 Å². The van der Waals surface area contributed by atoms with Gasteiger partial charge in [0.15, 0.2) is 0 Å². The summed E-state index contributed by atoms with van der Waals surface area (Å²) in [5, 5.41) is 0. The fourth-order valence-corrected chi connectivity index (χ4v) is 1.70. The molecule has 0 aliphatic heterocycles. The maximum Gasteiger partial charge on any atom is 0.328 e. The largest absolute Gasteiger partial charge is 0.497 e. The van der Waals surface area contributed by atoms with Gasteiger partial charge in [0.1, 0.15) is 12.6 Å². The Kier molecular flexibility index (Phi) is 11.0. The van der Waals surface area contributed by atoms with Crippen molar-refractivity contribution in [3.05, 3.63) is 25.0 Å². The molecule has 0 fully saturated rings. The molecule has 5 nitrogen and oxygen atoms in total. The molecule has 5 heteroatoms. The van der Waals surface area contributed by atoms with E-state index < -0.39 is 12.0 Å². The molecule has 0 aliphatic carbocycles. The summed E-state index contributed by atoms with van der Waals surface area (Å²) >= 11 is 0. The number of carbonyl (C=O) groups excluding carboxylic acids is 2. The van der Waals surface area contributed by atoms with Gasteiger partial charge >= 0.3 is 5.97 Å². The number of rotatable bonds is 11. The number of amides is 1. The molecule has 0 saturated carbocycles.